The molecule has 0 saturated carbocycles. The topological polar surface area (TPSA) is 12.0 Å². The van der Waals surface area contributed by atoms with Crippen molar-refractivity contribution < 1.29 is 0 Å². The van der Waals surface area contributed by atoms with Gasteiger partial charge in [-0.25, -0.2) is 0 Å². The second-order valence-electron chi connectivity index (χ2n) is 5.37. The Hall–Kier alpha value is 0.310. The molecule has 0 aromatic rings. The quantitative estimate of drug-likeness (QED) is 0.712. The third-order valence-electron chi connectivity index (χ3n) is 2.68. The highest BCUT2D eigenvalue weighted by Gasteiger charge is 2.18. The average molecular weight is 231 g/mol. The first-order chi connectivity index (χ1) is 6.90. The molecule has 2 unspecified atom stereocenters. The molecule has 0 aromatic carbocycles. The molecule has 0 radical (unpaired) electrons. The van der Waals surface area contributed by atoms with E-state index in [1.165, 1.54) is 18.6 Å². The molecule has 0 amide bonds. The Bertz CT molecular complexity index is 151. The fraction of sp³-hybridized carbons (Fsp3) is 1.00. The Morgan fingerprint density at radius 3 is 2.20 bits per heavy atom. The van der Waals surface area contributed by atoms with Crippen LogP contribution in [0.15, 0.2) is 0 Å². The molecule has 2 atom stereocenters. The van der Waals surface area contributed by atoms with E-state index in [1.54, 1.807) is 0 Å². The molecular weight excluding hydrogens is 202 g/mol. The summed E-state index contributed by atoms with van der Waals surface area (Å²) >= 11 is 2.07. The maximum absolute atomic E-state index is 3.67. The highest BCUT2D eigenvalue weighted by atomic mass is 32.2. The van der Waals surface area contributed by atoms with Crippen molar-refractivity contribution in [2.24, 2.45) is 5.92 Å². The zero-order chi connectivity index (χ0) is 11.9. The van der Waals surface area contributed by atoms with Gasteiger partial charge in [0.05, 0.1) is 0 Å². The van der Waals surface area contributed by atoms with Gasteiger partial charge in [-0.15, -0.1) is 0 Å². The van der Waals surface area contributed by atoms with Gasteiger partial charge in [-0.2, -0.15) is 11.8 Å². The summed E-state index contributed by atoms with van der Waals surface area (Å²) in [7, 11) is 0. The van der Waals surface area contributed by atoms with Crippen molar-refractivity contribution in [3.63, 3.8) is 0 Å². The summed E-state index contributed by atoms with van der Waals surface area (Å²) in [6, 6.07) is 0.680. The summed E-state index contributed by atoms with van der Waals surface area (Å²) in [5, 5.41) is 3.67. The van der Waals surface area contributed by atoms with Crippen LogP contribution in [0.5, 0.6) is 0 Å². The summed E-state index contributed by atoms with van der Waals surface area (Å²) in [6.45, 7) is 14.9. The highest BCUT2D eigenvalue weighted by molar-refractivity contribution is 8.00. The van der Waals surface area contributed by atoms with Crippen molar-refractivity contribution in [3.8, 4) is 0 Å². The van der Waals surface area contributed by atoms with Crippen LogP contribution < -0.4 is 5.32 Å². The van der Waals surface area contributed by atoms with Gasteiger partial charge in [0, 0.05) is 16.5 Å². The minimum Gasteiger partial charge on any atom is -0.313 e. The van der Waals surface area contributed by atoms with E-state index in [4.69, 9.17) is 0 Å². The molecule has 0 aliphatic rings. The standard InChI is InChI=1S/C13H29NS/c1-7-9-14-12(11(3)8-2)10-15-13(4,5)6/h11-12,14H,7-10H2,1-6H3. The van der Waals surface area contributed by atoms with Crippen molar-refractivity contribution in [3.05, 3.63) is 0 Å². The van der Waals surface area contributed by atoms with E-state index in [1.807, 2.05) is 0 Å². The van der Waals surface area contributed by atoms with Crippen molar-refractivity contribution >= 4 is 11.8 Å². The smallest absolute Gasteiger partial charge is 0.0183 e. The molecule has 0 spiro atoms. The molecule has 0 aromatic heterocycles. The summed E-state index contributed by atoms with van der Waals surface area (Å²) in [4.78, 5) is 0. The highest BCUT2D eigenvalue weighted by Crippen LogP contribution is 2.25. The third kappa shape index (κ3) is 8.15. The second kappa shape index (κ2) is 7.56. The van der Waals surface area contributed by atoms with Crippen LogP contribution in [0.1, 0.15) is 54.4 Å². The Labute approximate surface area is 101 Å². The van der Waals surface area contributed by atoms with Crippen LogP contribution in [0.2, 0.25) is 0 Å². The van der Waals surface area contributed by atoms with Gasteiger partial charge < -0.3 is 5.32 Å². The number of hydrogen-bond acceptors (Lipinski definition) is 2. The minimum atomic E-state index is 0.388. The third-order valence-corrected chi connectivity index (χ3v) is 4.08. The van der Waals surface area contributed by atoms with E-state index < -0.39 is 0 Å². The van der Waals surface area contributed by atoms with Gasteiger partial charge in [0.25, 0.3) is 0 Å². The summed E-state index contributed by atoms with van der Waals surface area (Å²) in [5.41, 5.74) is 0. The van der Waals surface area contributed by atoms with E-state index in [-0.39, 0.29) is 0 Å². The lowest BCUT2D eigenvalue weighted by atomic mass is 10.0. The van der Waals surface area contributed by atoms with E-state index in [0.29, 0.717) is 10.8 Å². The molecule has 0 aliphatic carbocycles. The van der Waals surface area contributed by atoms with Crippen molar-refractivity contribution in [1.29, 1.82) is 0 Å². The lowest BCUT2D eigenvalue weighted by Crippen LogP contribution is -2.38. The van der Waals surface area contributed by atoms with Crippen LogP contribution >= 0.6 is 11.8 Å². The van der Waals surface area contributed by atoms with Gasteiger partial charge in [-0.1, -0.05) is 48.0 Å². The predicted molar refractivity (Wildman–Crippen MR) is 73.7 cm³/mol. The minimum absolute atomic E-state index is 0.388. The monoisotopic (exact) mass is 231 g/mol. The van der Waals surface area contributed by atoms with Crippen LogP contribution in [0, 0.1) is 5.92 Å². The van der Waals surface area contributed by atoms with Crippen molar-refractivity contribution in [2.75, 3.05) is 12.3 Å². The van der Waals surface area contributed by atoms with E-state index in [9.17, 15) is 0 Å². The van der Waals surface area contributed by atoms with Crippen LogP contribution in [0.25, 0.3) is 0 Å². The summed E-state index contributed by atoms with van der Waals surface area (Å²) < 4.78 is 0.388. The van der Waals surface area contributed by atoms with Crippen LogP contribution in [-0.2, 0) is 0 Å². The van der Waals surface area contributed by atoms with E-state index >= 15 is 0 Å². The fourth-order valence-electron chi connectivity index (χ4n) is 1.38. The molecule has 1 nitrogen and oxygen atoms in total. The molecule has 15 heavy (non-hydrogen) atoms. The molecule has 2 heteroatoms. The normalized spacial score (nSPS) is 16.4. The maximum Gasteiger partial charge on any atom is 0.0183 e. The van der Waals surface area contributed by atoms with Gasteiger partial charge in [-0.05, 0) is 18.9 Å². The molecule has 92 valence electrons. The first kappa shape index (κ1) is 15.3. The maximum atomic E-state index is 3.67. The second-order valence-corrected chi connectivity index (χ2v) is 7.22. The van der Waals surface area contributed by atoms with E-state index in [0.717, 1.165) is 12.5 Å². The van der Waals surface area contributed by atoms with E-state index in [2.05, 4.69) is 58.6 Å². The van der Waals surface area contributed by atoms with Gasteiger partial charge in [0.1, 0.15) is 0 Å². The largest absolute Gasteiger partial charge is 0.313 e. The number of thioether (sulfide) groups is 1. The van der Waals surface area contributed by atoms with Gasteiger partial charge in [-0.3, -0.25) is 0 Å². The molecule has 0 fully saturated rings. The summed E-state index contributed by atoms with van der Waals surface area (Å²) in [5.74, 6) is 2.02. The average Bonchev–Trinajstić information content (AvgIpc) is 2.15. The molecular formula is C13H29NS. The zero-order valence-corrected chi connectivity index (χ0v) is 12.2. The Kier molecular flexibility index (Phi) is 7.72. The molecule has 0 aliphatic heterocycles. The van der Waals surface area contributed by atoms with Crippen LogP contribution in [0.3, 0.4) is 0 Å². The van der Waals surface area contributed by atoms with Crippen molar-refractivity contribution in [1.82, 2.24) is 5.32 Å². The molecule has 1 N–H and O–H groups in total. The SMILES string of the molecule is CCCNC(CSC(C)(C)C)C(C)CC. The fourth-order valence-corrected chi connectivity index (χ4v) is 2.50. The lowest BCUT2D eigenvalue weighted by molar-refractivity contribution is 0.396. The molecule has 0 saturated heterocycles. The molecule has 0 heterocycles. The Morgan fingerprint density at radius 2 is 1.80 bits per heavy atom. The van der Waals surface area contributed by atoms with Gasteiger partial charge in [0.15, 0.2) is 0 Å². The number of rotatable bonds is 7. The first-order valence-corrected chi connectivity index (χ1v) is 7.26. The molecule has 0 bridgehead atoms. The molecule has 0 rings (SSSR count). The summed E-state index contributed by atoms with van der Waals surface area (Å²) in [6.07, 6.45) is 2.50. The first-order valence-electron chi connectivity index (χ1n) is 6.28. The Morgan fingerprint density at radius 1 is 1.20 bits per heavy atom. The number of nitrogens with one attached hydrogen (secondary N) is 1. The van der Waals surface area contributed by atoms with Crippen molar-refractivity contribution in [2.45, 2.75) is 65.2 Å². The lowest BCUT2D eigenvalue weighted by Gasteiger charge is -2.27. The van der Waals surface area contributed by atoms with Gasteiger partial charge in [0.2, 0.25) is 0 Å². The Balaban J connectivity index is 4.01. The number of hydrogen-bond donors (Lipinski definition) is 1. The van der Waals surface area contributed by atoms with Crippen LogP contribution in [-0.4, -0.2) is 23.1 Å². The predicted octanol–water partition coefficient (Wildman–Crippen LogP) is 3.93. The van der Waals surface area contributed by atoms with Gasteiger partial charge >= 0.3 is 0 Å². The zero-order valence-electron chi connectivity index (χ0n) is 11.4. The van der Waals surface area contributed by atoms with Crippen LogP contribution in [0.4, 0.5) is 0 Å².